The first-order chi connectivity index (χ1) is 8.53. The fraction of sp³-hybridized carbons (Fsp3) is 0.615. The lowest BCUT2D eigenvalue weighted by molar-refractivity contribution is -0.0770. The zero-order chi connectivity index (χ0) is 13.2. The maximum atomic E-state index is 13.4. The summed E-state index contributed by atoms with van der Waals surface area (Å²) in [7, 11) is 1.47. The quantitative estimate of drug-likeness (QED) is 0.905. The molecule has 1 aromatic rings. The van der Waals surface area contributed by atoms with Gasteiger partial charge in [-0.25, -0.2) is 8.78 Å². The molecule has 1 aromatic heterocycles. The Bertz CT molecular complexity index is 412. The molecule has 1 N–H and O–H groups in total. The number of alkyl halides is 2. The number of hydrogen-bond donors (Lipinski definition) is 1. The van der Waals surface area contributed by atoms with Crippen LogP contribution in [0.5, 0.6) is 5.75 Å². The lowest BCUT2D eigenvalue weighted by Gasteiger charge is -2.32. The molecular formula is C13H17F2NO2. The molecule has 0 bridgehead atoms. The molecule has 0 radical (unpaired) electrons. The van der Waals surface area contributed by atoms with Gasteiger partial charge < -0.3 is 9.84 Å². The highest BCUT2D eigenvalue weighted by Crippen LogP contribution is 2.43. The molecule has 0 aliphatic heterocycles. The summed E-state index contributed by atoms with van der Waals surface area (Å²) in [5, 5.41) is 10.2. The zero-order valence-electron chi connectivity index (χ0n) is 10.3. The Hall–Kier alpha value is -1.23. The van der Waals surface area contributed by atoms with Crippen LogP contribution in [-0.2, 0) is 0 Å². The van der Waals surface area contributed by atoms with E-state index in [1.165, 1.54) is 13.3 Å². The van der Waals surface area contributed by atoms with Gasteiger partial charge in [0.2, 0.25) is 5.92 Å². The van der Waals surface area contributed by atoms with Crippen LogP contribution in [0.4, 0.5) is 8.78 Å². The van der Waals surface area contributed by atoms with E-state index in [-0.39, 0.29) is 12.8 Å². The molecule has 2 rings (SSSR count). The molecule has 0 amide bonds. The number of pyridine rings is 1. The van der Waals surface area contributed by atoms with Gasteiger partial charge in [-0.05, 0) is 30.9 Å². The number of ether oxygens (including phenoxy) is 1. The summed E-state index contributed by atoms with van der Waals surface area (Å²) < 4.78 is 31.8. The molecule has 2 atom stereocenters. The summed E-state index contributed by atoms with van der Waals surface area (Å²) in [6.45, 7) is 0. The maximum absolute atomic E-state index is 13.4. The Balaban J connectivity index is 2.17. The van der Waals surface area contributed by atoms with E-state index in [0.29, 0.717) is 24.3 Å². The summed E-state index contributed by atoms with van der Waals surface area (Å²) in [5.41, 5.74) is 0.350. The molecule has 1 aliphatic rings. The molecule has 0 saturated heterocycles. The lowest BCUT2D eigenvalue weighted by atomic mass is 9.82. The van der Waals surface area contributed by atoms with Crippen molar-refractivity contribution in [2.45, 2.75) is 37.7 Å². The van der Waals surface area contributed by atoms with E-state index in [0.717, 1.165) is 0 Å². The van der Waals surface area contributed by atoms with Gasteiger partial charge in [0.15, 0.2) is 0 Å². The number of aliphatic hydroxyl groups excluding tert-OH is 1. The highest BCUT2D eigenvalue weighted by Gasteiger charge is 2.40. The number of rotatable bonds is 3. The van der Waals surface area contributed by atoms with Crippen LogP contribution in [0.2, 0.25) is 0 Å². The topological polar surface area (TPSA) is 42.4 Å². The molecule has 1 saturated carbocycles. The molecule has 0 aromatic carbocycles. The van der Waals surface area contributed by atoms with Crippen LogP contribution >= 0.6 is 0 Å². The van der Waals surface area contributed by atoms with Crippen LogP contribution in [0.25, 0.3) is 0 Å². The van der Waals surface area contributed by atoms with Crippen molar-refractivity contribution in [1.82, 2.24) is 4.98 Å². The minimum Gasteiger partial charge on any atom is -0.495 e. The Morgan fingerprint density at radius 2 is 2.33 bits per heavy atom. The van der Waals surface area contributed by atoms with E-state index in [4.69, 9.17) is 4.74 Å². The van der Waals surface area contributed by atoms with Gasteiger partial charge in [0.1, 0.15) is 17.5 Å². The van der Waals surface area contributed by atoms with Crippen LogP contribution in [0.1, 0.15) is 37.5 Å². The summed E-state index contributed by atoms with van der Waals surface area (Å²) in [6.07, 6.45) is 1.19. The van der Waals surface area contributed by atoms with E-state index < -0.39 is 17.9 Å². The summed E-state index contributed by atoms with van der Waals surface area (Å²) in [5.74, 6) is -2.69. The second-order valence-electron chi connectivity index (χ2n) is 4.75. The third kappa shape index (κ3) is 2.77. The molecule has 1 fully saturated rings. The predicted octanol–water partition coefficient (Wildman–Crippen LogP) is 2.95. The van der Waals surface area contributed by atoms with Crippen molar-refractivity contribution < 1.29 is 18.6 Å². The van der Waals surface area contributed by atoms with Crippen molar-refractivity contribution in [3.8, 4) is 5.75 Å². The molecule has 1 heterocycles. The average Bonchev–Trinajstić information content (AvgIpc) is 2.36. The number of halogens is 2. The normalized spacial score (nSPS) is 24.6. The van der Waals surface area contributed by atoms with Crippen molar-refractivity contribution in [1.29, 1.82) is 0 Å². The number of methoxy groups -OCH3 is 1. The summed E-state index contributed by atoms with van der Waals surface area (Å²) in [6, 6.07) is 3.36. The van der Waals surface area contributed by atoms with Gasteiger partial charge in [-0.2, -0.15) is 0 Å². The molecular weight excluding hydrogens is 240 g/mol. The van der Waals surface area contributed by atoms with E-state index in [2.05, 4.69) is 4.98 Å². The Morgan fingerprint density at radius 1 is 1.56 bits per heavy atom. The van der Waals surface area contributed by atoms with E-state index >= 15 is 0 Å². The number of hydrogen-bond acceptors (Lipinski definition) is 3. The van der Waals surface area contributed by atoms with Gasteiger partial charge in [-0.1, -0.05) is 0 Å². The van der Waals surface area contributed by atoms with Gasteiger partial charge >= 0.3 is 0 Å². The van der Waals surface area contributed by atoms with E-state index in [1.54, 1.807) is 12.1 Å². The highest BCUT2D eigenvalue weighted by molar-refractivity contribution is 5.29. The molecule has 18 heavy (non-hydrogen) atoms. The predicted molar refractivity (Wildman–Crippen MR) is 62.7 cm³/mol. The third-order valence-electron chi connectivity index (χ3n) is 3.42. The van der Waals surface area contributed by atoms with Gasteiger partial charge in [0.25, 0.3) is 0 Å². The van der Waals surface area contributed by atoms with Crippen molar-refractivity contribution in [2.24, 2.45) is 5.92 Å². The monoisotopic (exact) mass is 257 g/mol. The second kappa shape index (κ2) is 5.18. The number of aliphatic hydroxyl groups is 1. The van der Waals surface area contributed by atoms with Crippen LogP contribution < -0.4 is 4.74 Å². The number of aromatic nitrogens is 1. The lowest BCUT2D eigenvalue weighted by Crippen LogP contribution is -2.29. The third-order valence-corrected chi connectivity index (χ3v) is 3.42. The van der Waals surface area contributed by atoms with Crippen LogP contribution in [0.15, 0.2) is 18.3 Å². The van der Waals surface area contributed by atoms with Gasteiger partial charge in [0, 0.05) is 19.0 Å². The first-order valence-corrected chi connectivity index (χ1v) is 6.08. The van der Waals surface area contributed by atoms with E-state index in [1.807, 2.05) is 0 Å². The van der Waals surface area contributed by atoms with Crippen molar-refractivity contribution >= 4 is 0 Å². The maximum Gasteiger partial charge on any atom is 0.248 e. The fourth-order valence-electron chi connectivity index (χ4n) is 2.50. The Labute approximate surface area is 105 Å². The minimum atomic E-state index is -2.67. The van der Waals surface area contributed by atoms with Crippen molar-refractivity contribution in [3.05, 3.63) is 24.0 Å². The van der Waals surface area contributed by atoms with E-state index in [9.17, 15) is 13.9 Å². The average molecular weight is 257 g/mol. The van der Waals surface area contributed by atoms with Crippen LogP contribution in [0.3, 0.4) is 0 Å². The molecule has 100 valence electrons. The van der Waals surface area contributed by atoms with Crippen LogP contribution in [-0.4, -0.2) is 23.1 Å². The molecule has 0 spiro atoms. The summed E-state index contributed by atoms with van der Waals surface area (Å²) >= 11 is 0. The van der Waals surface area contributed by atoms with Gasteiger partial charge in [-0.3, -0.25) is 4.98 Å². The SMILES string of the molecule is COc1cccnc1C(O)C1CCCC(F)(F)C1. The molecule has 5 heteroatoms. The zero-order valence-corrected chi connectivity index (χ0v) is 10.3. The summed E-state index contributed by atoms with van der Waals surface area (Å²) in [4.78, 5) is 4.05. The minimum absolute atomic E-state index is 0.0877. The van der Waals surface area contributed by atoms with Gasteiger partial charge in [0.05, 0.1) is 7.11 Å². The Kier molecular flexibility index (Phi) is 3.80. The second-order valence-corrected chi connectivity index (χ2v) is 4.75. The largest absolute Gasteiger partial charge is 0.495 e. The fourth-order valence-corrected chi connectivity index (χ4v) is 2.50. The first kappa shape index (κ1) is 13.2. The van der Waals surface area contributed by atoms with Crippen molar-refractivity contribution in [2.75, 3.05) is 7.11 Å². The highest BCUT2D eigenvalue weighted by atomic mass is 19.3. The molecule has 3 nitrogen and oxygen atoms in total. The van der Waals surface area contributed by atoms with Crippen LogP contribution in [0, 0.1) is 5.92 Å². The molecule has 1 aliphatic carbocycles. The van der Waals surface area contributed by atoms with Crippen molar-refractivity contribution in [3.63, 3.8) is 0 Å². The molecule has 2 unspecified atom stereocenters. The first-order valence-electron chi connectivity index (χ1n) is 6.08. The number of nitrogens with zero attached hydrogens (tertiary/aromatic N) is 1. The van der Waals surface area contributed by atoms with Gasteiger partial charge in [-0.15, -0.1) is 0 Å². The smallest absolute Gasteiger partial charge is 0.248 e. The standard InChI is InChI=1S/C13H17F2NO2/c1-18-10-5-3-7-16-11(10)12(17)9-4-2-6-13(14,15)8-9/h3,5,7,9,12,17H,2,4,6,8H2,1H3. The Morgan fingerprint density at radius 3 is 3.00 bits per heavy atom.